The average molecular weight is 346 g/mol. The van der Waals surface area contributed by atoms with Crippen molar-refractivity contribution in [2.75, 3.05) is 19.6 Å². The van der Waals surface area contributed by atoms with Crippen molar-refractivity contribution in [1.82, 2.24) is 15.2 Å². The largest absolute Gasteiger partial charge is 0.348 e. The lowest BCUT2D eigenvalue weighted by atomic mass is 10.00. The first kappa shape index (κ1) is 17.2. The molecule has 0 aliphatic carbocycles. The van der Waals surface area contributed by atoms with Gasteiger partial charge in [0.05, 0.1) is 5.52 Å². The van der Waals surface area contributed by atoms with E-state index in [1.807, 2.05) is 18.2 Å². The molecule has 0 radical (unpaired) electrons. The first-order chi connectivity index (χ1) is 11.5. The van der Waals surface area contributed by atoms with E-state index in [1.54, 1.807) is 12.1 Å². The van der Waals surface area contributed by atoms with Gasteiger partial charge in [0.1, 0.15) is 5.15 Å². The monoisotopic (exact) mass is 345 g/mol. The molecule has 5 heteroatoms. The standard InChI is InChI=1S/C19H24ClN3O/c1-13-4-3-9-23(11-13)12-14(2)21-19(24)16-5-7-17-15(10-16)6-8-18(20)22-17/h5-8,10,13-14H,3-4,9,11-12H2,1-2H3,(H,21,24). The molecule has 2 aromatic rings. The number of nitrogens with one attached hydrogen (secondary N) is 1. The summed E-state index contributed by atoms with van der Waals surface area (Å²) in [6.45, 7) is 7.53. The van der Waals surface area contributed by atoms with Gasteiger partial charge in [-0.2, -0.15) is 0 Å². The summed E-state index contributed by atoms with van der Waals surface area (Å²) in [5.74, 6) is 0.714. The predicted octanol–water partition coefficient (Wildman–Crippen LogP) is 3.74. The van der Waals surface area contributed by atoms with E-state index >= 15 is 0 Å². The number of carbonyl (C=O) groups excluding carboxylic acids is 1. The Bertz CT molecular complexity index is 734. The number of rotatable bonds is 4. The Hall–Kier alpha value is -1.65. The average Bonchev–Trinajstić information content (AvgIpc) is 2.54. The Labute approximate surface area is 148 Å². The number of amides is 1. The number of nitrogens with zero attached hydrogens (tertiary/aromatic N) is 2. The summed E-state index contributed by atoms with van der Waals surface area (Å²) >= 11 is 5.90. The number of hydrogen-bond acceptors (Lipinski definition) is 3. The first-order valence-corrected chi connectivity index (χ1v) is 8.98. The minimum Gasteiger partial charge on any atom is -0.348 e. The van der Waals surface area contributed by atoms with E-state index in [9.17, 15) is 4.79 Å². The quantitative estimate of drug-likeness (QED) is 0.858. The predicted molar refractivity (Wildman–Crippen MR) is 98.5 cm³/mol. The van der Waals surface area contributed by atoms with Crippen LogP contribution in [0.15, 0.2) is 30.3 Å². The van der Waals surface area contributed by atoms with Gasteiger partial charge in [0.25, 0.3) is 5.91 Å². The van der Waals surface area contributed by atoms with Crippen LogP contribution in [-0.2, 0) is 0 Å². The van der Waals surface area contributed by atoms with Crippen LogP contribution < -0.4 is 5.32 Å². The zero-order valence-electron chi connectivity index (χ0n) is 14.3. The van der Waals surface area contributed by atoms with Gasteiger partial charge >= 0.3 is 0 Å². The van der Waals surface area contributed by atoms with Gasteiger partial charge in [-0.1, -0.05) is 18.5 Å². The van der Waals surface area contributed by atoms with E-state index < -0.39 is 0 Å². The fraction of sp³-hybridized carbons (Fsp3) is 0.474. The molecule has 1 N–H and O–H groups in total. The van der Waals surface area contributed by atoms with Gasteiger partial charge in [-0.15, -0.1) is 0 Å². The molecule has 24 heavy (non-hydrogen) atoms. The normalized spacial score (nSPS) is 20.0. The number of halogens is 1. The molecule has 0 bridgehead atoms. The number of carbonyl (C=O) groups is 1. The van der Waals surface area contributed by atoms with Crippen LogP contribution in [0.5, 0.6) is 0 Å². The highest BCUT2D eigenvalue weighted by Crippen LogP contribution is 2.18. The number of benzene rings is 1. The number of fused-ring (bicyclic) bond motifs is 1. The number of likely N-dealkylation sites (tertiary alicyclic amines) is 1. The minimum atomic E-state index is -0.0376. The van der Waals surface area contributed by atoms with Crippen molar-refractivity contribution in [3.05, 3.63) is 41.0 Å². The molecule has 1 aromatic heterocycles. The van der Waals surface area contributed by atoms with E-state index in [-0.39, 0.29) is 11.9 Å². The summed E-state index contributed by atoms with van der Waals surface area (Å²) in [5, 5.41) is 4.49. The summed E-state index contributed by atoms with van der Waals surface area (Å²) in [5.41, 5.74) is 1.46. The lowest BCUT2D eigenvalue weighted by molar-refractivity contribution is 0.0920. The molecule has 2 unspecified atom stereocenters. The number of hydrogen-bond donors (Lipinski definition) is 1. The van der Waals surface area contributed by atoms with Crippen molar-refractivity contribution in [1.29, 1.82) is 0 Å². The summed E-state index contributed by atoms with van der Waals surface area (Å²) in [6, 6.07) is 9.26. The van der Waals surface area contributed by atoms with Crippen LogP contribution >= 0.6 is 11.6 Å². The van der Waals surface area contributed by atoms with E-state index in [1.165, 1.54) is 12.8 Å². The lowest BCUT2D eigenvalue weighted by Crippen LogP contribution is -2.45. The third kappa shape index (κ3) is 4.25. The van der Waals surface area contributed by atoms with E-state index in [4.69, 9.17) is 11.6 Å². The summed E-state index contributed by atoms with van der Waals surface area (Å²) < 4.78 is 0. The molecule has 1 aliphatic rings. The van der Waals surface area contributed by atoms with Gasteiger partial charge in [-0.05, 0) is 62.6 Å². The van der Waals surface area contributed by atoms with Crippen LogP contribution in [0.4, 0.5) is 0 Å². The molecular weight excluding hydrogens is 322 g/mol. The minimum absolute atomic E-state index is 0.0376. The molecule has 1 saturated heterocycles. The molecule has 2 heterocycles. The molecule has 0 spiro atoms. The van der Waals surface area contributed by atoms with Crippen LogP contribution in [0.1, 0.15) is 37.0 Å². The Balaban J connectivity index is 1.62. The highest BCUT2D eigenvalue weighted by atomic mass is 35.5. The molecule has 1 aromatic carbocycles. The van der Waals surface area contributed by atoms with Crippen LogP contribution in [0, 0.1) is 5.92 Å². The zero-order chi connectivity index (χ0) is 17.1. The van der Waals surface area contributed by atoms with Gasteiger partial charge in [0.15, 0.2) is 0 Å². The third-order valence-electron chi connectivity index (χ3n) is 4.57. The molecule has 1 aliphatic heterocycles. The SMILES string of the molecule is CC1CCCN(CC(C)NC(=O)c2ccc3nc(Cl)ccc3c2)C1. The Morgan fingerprint density at radius 3 is 3.04 bits per heavy atom. The van der Waals surface area contributed by atoms with Crippen molar-refractivity contribution in [3.8, 4) is 0 Å². The van der Waals surface area contributed by atoms with E-state index in [0.717, 1.165) is 36.5 Å². The van der Waals surface area contributed by atoms with Crippen LogP contribution in [0.3, 0.4) is 0 Å². The number of aromatic nitrogens is 1. The molecule has 3 rings (SSSR count). The van der Waals surface area contributed by atoms with E-state index in [2.05, 4.69) is 29.0 Å². The number of piperidine rings is 1. The van der Waals surface area contributed by atoms with Crippen molar-refractivity contribution < 1.29 is 4.79 Å². The van der Waals surface area contributed by atoms with Crippen LogP contribution in [-0.4, -0.2) is 41.5 Å². The molecule has 1 amide bonds. The summed E-state index contributed by atoms with van der Waals surface area (Å²) in [6.07, 6.45) is 2.56. The maximum atomic E-state index is 12.5. The maximum absolute atomic E-state index is 12.5. The Kier molecular flexibility index (Phi) is 5.36. The summed E-state index contributed by atoms with van der Waals surface area (Å²) in [4.78, 5) is 19.2. The fourth-order valence-electron chi connectivity index (χ4n) is 3.43. The zero-order valence-corrected chi connectivity index (χ0v) is 15.0. The van der Waals surface area contributed by atoms with E-state index in [0.29, 0.717) is 10.7 Å². The Morgan fingerprint density at radius 2 is 2.25 bits per heavy atom. The van der Waals surface area contributed by atoms with Crippen molar-refractivity contribution in [2.24, 2.45) is 5.92 Å². The smallest absolute Gasteiger partial charge is 0.251 e. The lowest BCUT2D eigenvalue weighted by Gasteiger charge is -2.32. The highest BCUT2D eigenvalue weighted by Gasteiger charge is 2.19. The Morgan fingerprint density at radius 1 is 1.42 bits per heavy atom. The molecule has 2 atom stereocenters. The molecule has 1 fully saturated rings. The fourth-order valence-corrected chi connectivity index (χ4v) is 3.59. The molecule has 128 valence electrons. The highest BCUT2D eigenvalue weighted by molar-refractivity contribution is 6.29. The topological polar surface area (TPSA) is 45.2 Å². The van der Waals surface area contributed by atoms with Crippen LogP contribution in [0.2, 0.25) is 5.15 Å². The van der Waals surface area contributed by atoms with Gasteiger partial charge in [-0.25, -0.2) is 4.98 Å². The van der Waals surface area contributed by atoms with Gasteiger partial charge in [0.2, 0.25) is 0 Å². The molecule has 0 saturated carbocycles. The summed E-state index contributed by atoms with van der Waals surface area (Å²) in [7, 11) is 0. The maximum Gasteiger partial charge on any atom is 0.251 e. The molecular formula is C19H24ClN3O. The second-order valence-corrected chi connectivity index (χ2v) is 7.31. The molecule has 4 nitrogen and oxygen atoms in total. The second-order valence-electron chi connectivity index (χ2n) is 6.92. The number of pyridine rings is 1. The second kappa shape index (κ2) is 7.49. The van der Waals surface area contributed by atoms with Crippen molar-refractivity contribution in [2.45, 2.75) is 32.7 Å². The van der Waals surface area contributed by atoms with Gasteiger partial charge in [-0.3, -0.25) is 4.79 Å². The van der Waals surface area contributed by atoms with Gasteiger partial charge in [0, 0.05) is 30.1 Å². The van der Waals surface area contributed by atoms with Crippen LogP contribution in [0.25, 0.3) is 10.9 Å². The van der Waals surface area contributed by atoms with Gasteiger partial charge < -0.3 is 10.2 Å². The first-order valence-electron chi connectivity index (χ1n) is 8.61. The van der Waals surface area contributed by atoms with Crippen molar-refractivity contribution in [3.63, 3.8) is 0 Å². The van der Waals surface area contributed by atoms with Crippen molar-refractivity contribution >= 4 is 28.4 Å². The third-order valence-corrected chi connectivity index (χ3v) is 4.78.